The number of hydrogen-bond donors (Lipinski definition) is 5. The first-order valence-corrected chi connectivity index (χ1v) is 5.86. The average Bonchev–Trinajstić information content (AvgIpc) is 2.93. The van der Waals surface area contributed by atoms with E-state index in [9.17, 15) is 4.79 Å². The molecule has 21 heavy (non-hydrogen) atoms. The smallest absolute Gasteiger partial charge is 0.346 e. The van der Waals surface area contributed by atoms with Gasteiger partial charge in [0.2, 0.25) is 0 Å². The number of H-pyrrole nitrogens is 2. The molecule has 110 valence electrons. The number of aliphatic hydroxyl groups excluding tert-OH is 1. The number of anilines is 1. The van der Waals surface area contributed by atoms with Crippen molar-refractivity contribution in [3.63, 3.8) is 0 Å². The molecule has 0 aliphatic carbocycles. The first-order valence-electron chi connectivity index (χ1n) is 5.86. The first-order chi connectivity index (χ1) is 10.0. The molecule has 3 heterocycles. The topological polar surface area (TPSA) is 162 Å². The maximum atomic E-state index is 10.4. The molecule has 0 atom stereocenters. The summed E-state index contributed by atoms with van der Waals surface area (Å²) >= 11 is 0. The summed E-state index contributed by atoms with van der Waals surface area (Å²) < 4.78 is 1.63. The lowest BCUT2D eigenvalue weighted by Crippen LogP contribution is -2.17. The van der Waals surface area contributed by atoms with E-state index in [1.165, 1.54) is 12.5 Å². The third kappa shape index (κ3) is 3.12. The average molecular weight is 290 g/mol. The number of aliphatic hydroxyl groups is 1. The normalized spacial score (nSPS) is 10.2. The highest BCUT2D eigenvalue weighted by atomic mass is 16.3. The first kappa shape index (κ1) is 14.4. The fourth-order valence-corrected chi connectivity index (χ4v) is 1.49. The fourth-order valence-electron chi connectivity index (χ4n) is 1.49. The van der Waals surface area contributed by atoms with Crippen molar-refractivity contribution < 1.29 is 5.11 Å². The summed E-state index contributed by atoms with van der Waals surface area (Å²) in [6.45, 7) is -0.213. The van der Waals surface area contributed by atoms with E-state index < -0.39 is 5.69 Å². The van der Waals surface area contributed by atoms with E-state index in [0.717, 1.165) is 0 Å². The number of rotatable bonds is 1. The summed E-state index contributed by atoms with van der Waals surface area (Å²) in [6.07, 6.45) is 4.36. The number of nitrogens with one attached hydrogen (secondary N) is 3. The van der Waals surface area contributed by atoms with Crippen molar-refractivity contribution in [3.8, 4) is 0 Å². The largest absolute Gasteiger partial charge is 0.391 e. The van der Waals surface area contributed by atoms with Gasteiger partial charge in [-0.1, -0.05) is 0 Å². The molecule has 0 spiro atoms. The van der Waals surface area contributed by atoms with Gasteiger partial charge in [0.25, 0.3) is 0 Å². The fraction of sp³-hybridized carbons (Fsp3) is 0.182. The lowest BCUT2D eigenvalue weighted by molar-refractivity contribution is 0.281. The summed E-state index contributed by atoms with van der Waals surface area (Å²) in [6, 6.07) is 0. The number of nitrogens with two attached hydrogens (primary N) is 1. The minimum absolute atomic E-state index is 0.169. The van der Waals surface area contributed by atoms with Crippen molar-refractivity contribution in [1.82, 2.24) is 29.5 Å². The van der Waals surface area contributed by atoms with Gasteiger partial charge in [-0.25, -0.2) is 19.7 Å². The monoisotopic (exact) mass is 290 g/mol. The van der Waals surface area contributed by atoms with Gasteiger partial charge in [-0.15, -0.1) is 0 Å². The van der Waals surface area contributed by atoms with Crippen molar-refractivity contribution in [2.24, 2.45) is 7.05 Å². The maximum Gasteiger partial charge on any atom is 0.346 e. The van der Waals surface area contributed by atoms with Crippen molar-refractivity contribution in [2.75, 3.05) is 5.73 Å². The number of nitrogens with zero attached hydrogens (tertiary/aromatic N) is 4. The number of aryl methyl sites for hydroxylation is 1. The third-order valence-corrected chi connectivity index (χ3v) is 2.66. The summed E-state index contributed by atoms with van der Waals surface area (Å²) in [5.74, 6) is 0.169. The molecule has 0 fully saturated rings. The standard InChI is InChI=1S/C6H7N5.C5H7N3O2/c1-11-3-10-6-4(5(11)7)8-2-9-6;6-4-3(2-9)1-7-5(10)8-4/h2-3,7H,1H3,(H,8,9);1,9H,2H2,(H3,6,7,8,10). The molecule has 0 saturated heterocycles. The molecule has 3 aromatic rings. The van der Waals surface area contributed by atoms with Crippen LogP contribution in [0.5, 0.6) is 0 Å². The zero-order valence-electron chi connectivity index (χ0n) is 11.2. The third-order valence-electron chi connectivity index (χ3n) is 2.66. The van der Waals surface area contributed by atoms with E-state index in [4.69, 9.17) is 16.2 Å². The number of aromatic nitrogens is 6. The van der Waals surface area contributed by atoms with Crippen LogP contribution in [0.25, 0.3) is 11.2 Å². The molecule has 0 unspecified atom stereocenters. The Balaban J connectivity index is 0.000000155. The van der Waals surface area contributed by atoms with Crippen LogP contribution in [0.1, 0.15) is 5.56 Å². The Bertz CT molecular complexity index is 862. The maximum absolute atomic E-state index is 10.4. The molecule has 3 rings (SSSR count). The van der Waals surface area contributed by atoms with Crippen LogP contribution in [0, 0.1) is 5.41 Å². The highest BCUT2D eigenvalue weighted by Gasteiger charge is 1.98. The minimum Gasteiger partial charge on any atom is -0.391 e. The molecule has 3 aromatic heterocycles. The van der Waals surface area contributed by atoms with Crippen molar-refractivity contribution in [3.05, 3.63) is 40.4 Å². The second-order valence-electron chi connectivity index (χ2n) is 4.09. The predicted octanol–water partition coefficient (Wildman–Crippen LogP) is -1.38. The lowest BCUT2D eigenvalue weighted by atomic mass is 10.3. The van der Waals surface area contributed by atoms with Crippen LogP contribution in [0.3, 0.4) is 0 Å². The van der Waals surface area contributed by atoms with E-state index in [1.807, 2.05) is 0 Å². The van der Waals surface area contributed by atoms with Crippen LogP contribution in [0.4, 0.5) is 5.82 Å². The zero-order valence-corrected chi connectivity index (χ0v) is 11.2. The second-order valence-corrected chi connectivity index (χ2v) is 4.09. The van der Waals surface area contributed by atoms with E-state index in [0.29, 0.717) is 22.2 Å². The van der Waals surface area contributed by atoms with Crippen LogP contribution < -0.4 is 16.9 Å². The Morgan fingerprint density at radius 3 is 2.86 bits per heavy atom. The number of imidazole rings is 1. The molecule has 10 nitrogen and oxygen atoms in total. The van der Waals surface area contributed by atoms with E-state index in [2.05, 4.69) is 24.9 Å². The lowest BCUT2D eigenvalue weighted by Gasteiger charge is -1.97. The number of hydrogen-bond acceptors (Lipinski definition) is 7. The highest BCUT2D eigenvalue weighted by molar-refractivity contribution is 5.67. The Morgan fingerprint density at radius 1 is 1.43 bits per heavy atom. The van der Waals surface area contributed by atoms with Crippen LogP contribution >= 0.6 is 0 Å². The molecule has 10 heteroatoms. The summed E-state index contributed by atoms with van der Waals surface area (Å²) in [7, 11) is 1.77. The van der Waals surface area contributed by atoms with Gasteiger partial charge in [-0.3, -0.25) is 10.4 Å². The van der Waals surface area contributed by atoms with E-state index in [-0.39, 0.29) is 12.4 Å². The molecule has 0 saturated carbocycles. The van der Waals surface area contributed by atoms with Gasteiger partial charge in [0, 0.05) is 18.8 Å². The molecule has 0 aliphatic rings. The number of fused-ring (bicyclic) bond motifs is 1. The predicted molar refractivity (Wildman–Crippen MR) is 73.9 cm³/mol. The Kier molecular flexibility index (Phi) is 4.09. The van der Waals surface area contributed by atoms with Gasteiger partial charge in [0.05, 0.1) is 19.3 Å². The van der Waals surface area contributed by atoms with Gasteiger partial charge in [0.15, 0.2) is 11.1 Å². The van der Waals surface area contributed by atoms with Crippen molar-refractivity contribution in [2.45, 2.75) is 6.61 Å². The van der Waals surface area contributed by atoms with Crippen molar-refractivity contribution in [1.29, 1.82) is 5.41 Å². The summed E-state index contributed by atoms with van der Waals surface area (Å²) in [4.78, 5) is 26.8. The molecule has 6 N–H and O–H groups in total. The van der Waals surface area contributed by atoms with Gasteiger partial charge < -0.3 is 20.4 Å². The Morgan fingerprint density at radius 2 is 2.19 bits per heavy atom. The summed E-state index contributed by atoms with van der Waals surface area (Å²) in [5.41, 5.74) is 6.86. The van der Waals surface area contributed by atoms with Crippen LogP contribution in [0.2, 0.25) is 0 Å². The SMILES string of the molecule is Cn1cnc2nc[nH]c2c1=N.Nc1[nH]c(=O)ncc1CO. The highest BCUT2D eigenvalue weighted by Crippen LogP contribution is 2.00. The van der Waals surface area contributed by atoms with Gasteiger partial charge in [-0.2, -0.15) is 0 Å². The second kappa shape index (κ2) is 5.96. The molecule has 0 radical (unpaired) electrons. The molecule has 0 amide bonds. The van der Waals surface area contributed by atoms with E-state index in [1.54, 1.807) is 17.9 Å². The van der Waals surface area contributed by atoms with Gasteiger partial charge in [0.1, 0.15) is 11.3 Å². The Hall–Kier alpha value is -3.01. The molecular weight excluding hydrogens is 276 g/mol. The van der Waals surface area contributed by atoms with E-state index >= 15 is 0 Å². The summed E-state index contributed by atoms with van der Waals surface area (Å²) in [5, 5.41) is 16.1. The van der Waals surface area contributed by atoms with Gasteiger partial charge >= 0.3 is 5.69 Å². The zero-order chi connectivity index (χ0) is 15.4. The van der Waals surface area contributed by atoms with Crippen LogP contribution in [-0.4, -0.2) is 34.6 Å². The molecule has 0 aliphatic heterocycles. The quantitative estimate of drug-likeness (QED) is 0.371. The van der Waals surface area contributed by atoms with Crippen LogP contribution in [0.15, 0.2) is 23.6 Å². The number of aromatic amines is 2. The van der Waals surface area contributed by atoms with Crippen LogP contribution in [-0.2, 0) is 13.7 Å². The Labute approximate surface area is 117 Å². The van der Waals surface area contributed by atoms with Gasteiger partial charge in [-0.05, 0) is 0 Å². The molecular formula is C11H14N8O2. The number of nitrogen functional groups attached to an aromatic ring is 1. The molecule has 0 aromatic carbocycles. The van der Waals surface area contributed by atoms with Crippen molar-refractivity contribution >= 4 is 17.0 Å². The molecule has 0 bridgehead atoms. The minimum atomic E-state index is -0.505.